The molecule has 1 aromatic carbocycles. The molecule has 0 bridgehead atoms. The van der Waals surface area contributed by atoms with Gasteiger partial charge in [-0.2, -0.15) is 5.10 Å². The van der Waals surface area contributed by atoms with Crippen LogP contribution in [0.1, 0.15) is 5.56 Å². The van der Waals surface area contributed by atoms with Gasteiger partial charge in [0, 0.05) is 10.9 Å². The molecule has 2 aromatic heterocycles. The van der Waals surface area contributed by atoms with Crippen molar-refractivity contribution in [2.45, 2.75) is 6.54 Å². The first-order valence-electron chi connectivity index (χ1n) is 6.06. The summed E-state index contributed by atoms with van der Waals surface area (Å²) in [6.07, 6.45) is 1.60. The normalized spacial score (nSPS) is 11.3. The van der Waals surface area contributed by atoms with Crippen LogP contribution in [-0.2, 0) is 11.3 Å². The molecule has 0 saturated carbocycles. The fraction of sp³-hybridized carbons (Fsp3) is 0.0769. The number of benzene rings is 1. The fourth-order valence-electron chi connectivity index (χ4n) is 1.78. The van der Waals surface area contributed by atoms with Crippen LogP contribution in [0, 0.1) is 0 Å². The molecule has 0 atom stereocenters. The van der Waals surface area contributed by atoms with E-state index in [4.69, 9.17) is 0 Å². The van der Waals surface area contributed by atoms with E-state index in [1.807, 2.05) is 35.7 Å². The smallest absolute Gasteiger partial charge is 0.261 e. The molecule has 8 heteroatoms. The molecule has 2 heterocycles. The van der Waals surface area contributed by atoms with Crippen molar-refractivity contribution in [1.29, 1.82) is 0 Å². The van der Waals surface area contributed by atoms with Gasteiger partial charge in [0.1, 0.15) is 12.1 Å². The van der Waals surface area contributed by atoms with Crippen LogP contribution in [0.15, 0.2) is 44.6 Å². The van der Waals surface area contributed by atoms with Gasteiger partial charge in [-0.15, -0.1) is 16.4 Å². The quantitative estimate of drug-likeness (QED) is 0.571. The van der Waals surface area contributed by atoms with Gasteiger partial charge in [0.05, 0.1) is 15.5 Å². The number of nitrogens with one attached hydrogen (secondary N) is 1. The van der Waals surface area contributed by atoms with Crippen molar-refractivity contribution < 1.29 is 4.79 Å². The van der Waals surface area contributed by atoms with Crippen LogP contribution in [0.4, 0.5) is 0 Å². The zero-order valence-corrected chi connectivity index (χ0v) is 13.1. The number of nitrogens with zero attached hydrogens (tertiary/aromatic N) is 4. The molecule has 0 aliphatic heterocycles. The predicted molar refractivity (Wildman–Crippen MR) is 85.3 cm³/mol. The number of hydrogen-bond acceptors (Lipinski definition) is 5. The van der Waals surface area contributed by atoms with Crippen molar-refractivity contribution in [2.75, 3.05) is 0 Å². The van der Waals surface area contributed by atoms with Crippen LogP contribution in [0.3, 0.4) is 0 Å². The SMILES string of the molecule is O=C(Cn1nnc2ccccc21)N/N=C\c1csc(Br)c1. The molecule has 6 nitrogen and oxygen atoms in total. The van der Waals surface area contributed by atoms with Gasteiger partial charge >= 0.3 is 0 Å². The molecule has 0 spiro atoms. The number of fused-ring (bicyclic) bond motifs is 1. The van der Waals surface area contributed by atoms with E-state index < -0.39 is 0 Å². The molecule has 0 saturated heterocycles. The molecule has 0 aliphatic rings. The van der Waals surface area contributed by atoms with Crippen molar-refractivity contribution in [3.05, 3.63) is 45.1 Å². The maximum atomic E-state index is 11.8. The van der Waals surface area contributed by atoms with Gasteiger partial charge in [-0.25, -0.2) is 10.1 Å². The lowest BCUT2D eigenvalue weighted by atomic mass is 10.3. The summed E-state index contributed by atoms with van der Waals surface area (Å²) >= 11 is 4.93. The molecule has 1 N–H and O–H groups in total. The van der Waals surface area contributed by atoms with Crippen molar-refractivity contribution in [2.24, 2.45) is 5.10 Å². The van der Waals surface area contributed by atoms with E-state index in [9.17, 15) is 4.79 Å². The van der Waals surface area contributed by atoms with Crippen LogP contribution < -0.4 is 5.43 Å². The Kier molecular flexibility index (Phi) is 4.07. The number of amides is 1. The first-order chi connectivity index (χ1) is 10.2. The molecular weight excluding hydrogens is 354 g/mol. The zero-order valence-electron chi connectivity index (χ0n) is 10.7. The first kappa shape index (κ1) is 13.9. The Hall–Kier alpha value is -2.06. The summed E-state index contributed by atoms with van der Waals surface area (Å²) in [7, 11) is 0. The van der Waals surface area contributed by atoms with E-state index >= 15 is 0 Å². The standard InChI is InChI=1S/C13H10BrN5OS/c14-12-5-9(8-21-12)6-15-17-13(20)7-19-11-4-2-1-3-10(11)16-18-19/h1-6,8H,7H2,(H,17,20)/b15-6-. The van der Waals surface area contributed by atoms with E-state index in [1.165, 1.54) is 0 Å². The Balaban J connectivity index is 1.63. The van der Waals surface area contributed by atoms with Crippen LogP contribution in [0.2, 0.25) is 0 Å². The van der Waals surface area contributed by atoms with Crippen LogP contribution in [-0.4, -0.2) is 27.1 Å². The van der Waals surface area contributed by atoms with Gasteiger partial charge in [-0.1, -0.05) is 17.3 Å². The highest BCUT2D eigenvalue weighted by Crippen LogP contribution is 2.19. The van der Waals surface area contributed by atoms with Crippen LogP contribution >= 0.6 is 27.3 Å². The number of carbonyl (C=O) groups excluding carboxylic acids is 1. The topological polar surface area (TPSA) is 72.2 Å². The summed E-state index contributed by atoms with van der Waals surface area (Å²) < 4.78 is 2.56. The summed E-state index contributed by atoms with van der Waals surface area (Å²) in [4.78, 5) is 11.8. The van der Waals surface area contributed by atoms with Gasteiger partial charge in [0.15, 0.2) is 0 Å². The predicted octanol–water partition coefficient (Wildman–Crippen LogP) is 2.41. The summed E-state index contributed by atoms with van der Waals surface area (Å²) in [5.41, 5.74) is 4.98. The van der Waals surface area contributed by atoms with Crippen molar-refractivity contribution >= 4 is 50.4 Å². The third-order valence-corrected chi connectivity index (χ3v) is 4.23. The number of hydrazone groups is 1. The molecule has 106 valence electrons. The summed E-state index contributed by atoms with van der Waals surface area (Å²) in [6.45, 7) is 0.0746. The number of rotatable bonds is 4. The van der Waals surface area contributed by atoms with E-state index in [1.54, 1.807) is 22.2 Å². The summed E-state index contributed by atoms with van der Waals surface area (Å²) in [6, 6.07) is 9.40. The Morgan fingerprint density at radius 3 is 3.14 bits per heavy atom. The Bertz CT molecular complexity index is 810. The number of aromatic nitrogens is 3. The minimum atomic E-state index is -0.254. The minimum absolute atomic E-state index is 0.0746. The van der Waals surface area contributed by atoms with E-state index in [2.05, 4.69) is 36.8 Å². The highest BCUT2D eigenvalue weighted by molar-refractivity contribution is 9.11. The number of hydrogen-bond donors (Lipinski definition) is 1. The van der Waals surface area contributed by atoms with Gasteiger partial charge in [-0.05, 0) is 34.1 Å². The maximum Gasteiger partial charge on any atom is 0.261 e. The summed E-state index contributed by atoms with van der Waals surface area (Å²) in [5, 5.41) is 13.8. The van der Waals surface area contributed by atoms with Crippen LogP contribution in [0.25, 0.3) is 11.0 Å². The second kappa shape index (κ2) is 6.15. The molecule has 0 fully saturated rings. The highest BCUT2D eigenvalue weighted by Gasteiger charge is 2.07. The van der Waals surface area contributed by atoms with Gasteiger partial charge in [0.25, 0.3) is 5.91 Å². The lowest BCUT2D eigenvalue weighted by Crippen LogP contribution is -2.23. The number of thiophene rings is 1. The maximum absolute atomic E-state index is 11.8. The van der Waals surface area contributed by atoms with Crippen molar-refractivity contribution in [3.63, 3.8) is 0 Å². The molecular formula is C13H10BrN5OS. The zero-order chi connectivity index (χ0) is 14.7. The lowest BCUT2D eigenvalue weighted by molar-refractivity contribution is -0.121. The second-order valence-corrected chi connectivity index (χ2v) is 6.50. The first-order valence-corrected chi connectivity index (χ1v) is 7.74. The average molecular weight is 364 g/mol. The molecule has 1 amide bonds. The summed E-state index contributed by atoms with van der Waals surface area (Å²) in [5.74, 6) is -0.254. The highest BCUT2D eigenvalue weighted by atomic mass is 79.9. The second-order valence-electron chi connectivity index (χ2n) is 4.21. The van der Waals surface area contributed by atoms with Crippen molar-refractivity contribution in [3.8, 4) is 0 Å². The third kappa shape index (κ3) is 3.34. The Morgan fingerprint density at radius 1 is 1.48 bits per heavy atom. The lowest BCUT2D eigenvalue weighted by Gasteiger charge is -2.00. The average Bonchev–Trinajstić information content (AvgIpc) is 3.06. The largest absolute Gasteiger partial charge is 0.271 e. The Labute approximate surface area is 132 Å². The molecule has 3 rings (SSSR count). The van der Waals surface area contributed by atoms with Crippen molar-refractivity contribution in [1.82, 2.24) is 20.4 Å². The van der Waals surface area contributed by atoms with E-state index in [-0.39, 0.29) is 12.5 Å². The molecule has 3 aromatic rings. The van der Waals surface area contributed by atoms with Gasteiger partial charge in [0.2, 0.25) is 0 Å². The third-order valence-electron chi connectivity index (χ3n) is 2.70. The van der Waals surface area contributed by atoms with E-state index in [0.717, 1.165) is 20.4 Å². The minimum Gasteiger partial charge on any atom is -0.271 e. The molecule has 0 radical (unpaired) electrons. The Morgan fingerprint density at radius 2 is 2.33 bits per heavy atom. The fourth-order valence-corrected chi connectivity index (χ4v) is 2.90. The van der Waals surface area contributed by atoms with E-state index in [0.29, 0.717) is 0 Å². The molecule has 0 unspecified atom stereocenters. The van der Waals surface area contributed by atoms with Gasteiger partial charge in [-0.3, -0.25) is 4.79 Å². The number of carbonyl (C=O) groups is 1. The molecule has 21 heavy (non-hydrogen) atoms. The molecule has 0 aliphatic carbocycles. The van der Waals surface area contributed by atoms with Crippen LogP contribution in [0.5, 0.6) is 0 Å². The number of halogens is 1. The van der Waals surface area contributed by atoms with Gasteiger partial charge < -0.3 is 0 Å². The monoisotopic (exact) mass is 363 g/mol. The number of para-hydroxylation sites is 1.